The van der Waals surface area contributed by atoms with Gasteiger partial charge in [-0.25, -0.2) is 4.98 Å². The summed E-state index contributed by atoms with van der Waals surface area (Å²) in [7, 11) is 1.93. The van der Waals surface area contributed by atoms with E-state index in [2.05, 4.69) is 29.4 Å². The molecule has 2 aromatic rings. The minimum atomic E-state index is -0.134. The van der Waals surface area contributed by atoms with Crippen LogP contribution in [0.5, 0.6) is 0 Å². The maximum Gasteiger partial charge on any atom is 0.184 e. The largest absolute Gasteiger partial charge is 0.347 e. The summed E-state index contributed by atoms with van der Waals surface area (Å²) in [6.45, 7) is 2.08. The number of hydrogen-bond acceptors (Lipinski definition) is 3. The number of amidine groups is 1. The first-order valence-electron chi connectivity index (χ1n) is 7.06. The van der Waals surface area contributed by atoms with E-state index in [9.17, 15) is 0 Å². The van der Waals surface area contributed by atoms with Crippen molar-refractivity contribution >= 4 is 11.5 Å². The molecule has 5 nitrogen and oxygen atoms in total. The quantitative estimate of drug-likeness (QED) is 0.909. The van der Waals surface area contributed by atoms with Crippen molar-refractivity contribution in [3.8, 4) is 0 Å². The third-order valence-electron chi connectivity index (χ3n) is 3.80. The molecule has 0 aliphatic carbocycles. The minimum Gasteiger partial charge on any atom is -0.347 e. The summed E-state index contributed by atoms with van der Waals surface area (Å²) in [6.07, 6.45) is 6.10. The molecule has 0 radical (unpaired) electrons. The number of rotatable bonds is 3. The summed E-state index contributed by atoms with van der Waals surface area (Å²) in [5, 5.41) is 12.0. The normalized spacial score (nSPS) is 18.9. The molecule has 21 heavy (non-hydrogen) atoms. The average molecular weight is 281 g/mol. The Hall–Kier alpha value is -2.56. The lowest BCUT2D eigenvalue weighted by Gasteiger charge is -2.39. The monoisotopic (exact) mass is 281 g/mol. The smallest absolute Gasteiger partial charge is 0.184 e. The van der Waals surface area contributed by atoms with Crippen LogP contribution in [0.1, 0.15) is 25.2 Å². The first-order valence-corrected chi connectivity index (χ1v) is 7.06. The highest BCUT2D eigenvalue weighted by molar-refractivity contribution is 6.03. The first kappa shape index (κ1) is 13.4. The molecule has 108 valence electrons. The van der Waals surface area contributed by atoms with Crippen LogP contribution in [0.4, 0.5) is 0 Å². The van der Waals surface area contributed by atoms with Gasteiger partial charge >= 0.3 is 0 Å². The Balaban J connectivity index is 2.07. The highest BCUT2D eigenvalue weighted by atomic mass is 15.4. The van der Waals surface area contributed by atoms with Crippen LogP contribution in [0.15, 0.2) is 54.6 Å². The van der Waals surface area contributed by atoms with Crippen molar-refractivity contribution in [1.29, 1.82) is 5.41 Å². The van der Waals surface area contributed by atoms with E-state index in [1.807, 2.05) is 40.9 Å². The Morgan fingerprint density at radius 2 is 2.05 bits per heavy atom. The Labute approximate surface area is 124 Å². The Bertz CT molecular complexity index is 657. The molecular weight excluding hydrogens is 262 g/mol. The van der Waals surface area contributed by atoms with E-state index in [1.54, 1.807) is 12.5 Å². The molecule has 1 atom stereocenters. The highest BCUT2D eigenvalue weighted by Crippen LogP contribution is 2.28. The van der Waals surface area contributed by atoms with E-state index >= 15 is 0 Å². The standard InChI is InChI=1S/C16H19N5/c1-3-13-14(12-7-5-4-6-8-12)19-16(20(2)15(13)17)21-10-9-18-11-21/h4-11,16-17,19H,3H2,1-2H3. The van der Waals surface area contributed by atoms with Gasteiger partial charge in [0.15, 0.2) is 6.29 Å². The van der Waals surface area contributed by atoms with Gasteiger partial charge in [-0.2, -0.15) is 0 Å². The van der Waals surface area contributed by atoms with Gasteiger partial charge in [0.25, 0.3) is 0 Å². The second-order valence-electron chi connectivity index (χ2n) is 5.06. The molecular formula is C16H19N5. The van der Waals surface area contributed by atoms with Crippen LogP contribution in [-0.4, -0.2) is 27.3 Å². The molecule has 1 unspecified atom stereocenters. The molecule has 3 rings (SSSR count). The second kappa shape index (κ2) is 5.44. The predicted octanol–water partition coefficient (Wildman–Crippen LogP) is 2.67. The van der Waals surface area contributed by atoms with Crippen LogP contribution in [0.2, 0.25) is 0 Å². The molecule has 0 fully saturated rings. The van der Waals surface area contributed by atoms with Gasteiger partial charge in [-0.15, -0.1) is 0 Å². The maximum absolute atomic E-state index is 8.46. The van der Waals surface area contributed by atoms with Gasteiger partial charge < -0.3 is 10.2 Å². The van der Waals surface area contributed by atoms with Crippen molar-refractivity contribution in [3.63, 3.8) is 0 Å². The predicted molar refractivity (Wildman–Crippen MR) is 83.5 cm³/mol. The van der Waals surface area contributed by atoms with Crippen molar-refractivity contribution in [2.24, 2.45) is 0 Å². The lowest BCUT2D eigenvalue weighted by atomic mass is 10.0. The molecule has 2 heterocycles. The first-order chi connectivity index (χ1) is 10.2. The van der Waals surface area contributed by atoms with Crippen LogP contribution in [0.3, 0.4) is 0 Å². The molecule has 0 spiro atoms. The third-order valence-corrected chi connectivity index (χ3v) is 3.80. The van der Waals surface area contributed by atoms with Crippen molar-refractivity contribution < 1.29 is 0 Å². The lowest BCUT2D eigenvalue weighted by molar-refractivity contribution is 0.241. The zero-order valence-corrected chi connectivity index (χ0v) is 12.2. The molecule has 1 aromatic heterocycles. The van der Waals surface area contributed by atoms with Crippen LogP contribution in [0, 0.1) is 5.41 Å². The molecule has 5 heteroatoms. The van der Waals surface area contributed by atoms with Gasteiger partial charge in [0.2, 0.25) is 0 Å². The second-order valence-corrected chi connectivity index (χ2v) is 5.06. The van der Waals surface area contributed by atoms with E-state index in [0.717, 1.165) is 23.3 Å². The molecule has 2 N–H and O–H groups in total. The SMILES string of the molecule is CCC1=C(c2ccccc2)NC(n2ccnc2)N(C)C1=N. The summed E-state index contributed by atoms with van der Waals surface area (Å²) < 4.78 is 1.96. The number of likely N-dealkylation sites (N-methyl/N-ethyl adjacent to an activating group) is 1. The molecule has 1 aliphatic rings. The van der Waals surface area contributed by atoms with Gasteiger partial charge in [0, 0.05) is 25.0 Å². The lowest BCUT2D eigenvalue weighted by Crippen LogP contribution is -2.47. The van der Waals surface area contributed by atoms with Crippen molar-refractivity contribution in [2.75, 3.05) is 7.05 Å². The number of nitrogens with zero attached hydrogens (tertiary/aromatic N) is 3. The molecule has 0 saturated carbocycles. The van der Waals surface area contributed by atoms with Crippen LogP contribution < -0.4 is 5.32 Å². The summed E-state index contributed by atoms with van der Waals surface area (Å²) in [5.41, 5.74) is 3.16. The molecule has 0 bridgehead atoms. The Kier molecular flexibility index (Phi) is 3.48. The van der Waals surface area contributed by atoms with E-state index in [1.165, 1.54) is 0 Å². The summed E-state index contributed by atoms with van der Waals surface area (Å²) >= 11 is 0. The number of hydrogen-bond donors (Lipinski definition) is 2. The number of nitrogens with one attached hydrogen (secondary N) is 2. The molecule has 0 saturated heterocycles. The zero-order valence-electron chi connectivity index (χ0n) is 12.2. The molecule has 1 aromatic carbocycles. The minimum absolute atomic E-state index is 0.134. The zero-order chi connectivity index (χ0) is 14.8. The van der Waals surface area contributed by atoms with Gasteiger partial charge in [-0.1, -0.05) is 37.3 Å². The Morgan fingerprint density at radius 3 is 2.67 bits per heavy atom. The van der Waals surface area contributed by atoms with Crippen molar-refractivity contribution in [1.82, 2.24) is 19.8 Å². The van der Waals surface area contributed by atoms with E-state index in [4.69, 9.17) is 5.41 Å². The van der Waals surface area contributed by atoms with Gasteiger partial charge in [-0.3, -0.25) is 9.98 Å². The summed E-state index contributed by atoms with van der Waals surface area (Å²) in [4.78, 5) is 6.03. The van der Waals surface area contributed by atoms with E-state index in [-0.39, 0.29) is 6.29 Å². The fourth-order valence-electron chi connectivity index (χ4n) is 2.66. The van der Waals surface area contributed by atoms with Crippen LogP contribution in [0.25, 0.3) is 5.70 Å². The summed E-state index contributed by atoms with van der Waals surface area (Å²) in [5.74, 6) is 0.550. The fraction of sp³-hybridized carbons (Fsp3) is 0.250. The van der Waals surface area contributed by atoms with Gasteiger partial charge in [-0.05, 0) is 12.0 Å². The molecule has 0 amide bonds. The van der Waals surface area contributed by atoms with Gasteiger partial charge in [0.05, 0.1) is 12.0 Å². The van der Waals surface area contributed by atoms with Crippen LogP contribution in [-0.2, 0) is 0 Å². The third kappa shape index (κ3) is 2.31. The van der Waals surface area contributed by atoms with Gasteiger partial charge in [0.1, 0.15) is 5.84 Å². The number of benzene rings is 1. The topological polar surface area (TPSA) is 56.9 Å². The van der Waals surface area contributed by atoms with E-state index < -0.39 is 0 Å². The van der Waals surface area contributed by atoms with Crippen LogP contribution >= 0.6 is 0 Å². The number of aromatic nitrogens is 2. The maximum atomic E-state index is 8.46. The van der Waals surface area contributed by atoms with Crippen molar-refractivity contribution in [3.05, 3.63) is 60.2 Å². The number of imidazole rings is 1. The van der Waals surface area contributed by atoms with E-state index in [0.29, 0.717) is 5.84 Å². The Morgan fingerprint density at radius 1 is 1.29 bits per heavy atom. The molecule has 1 aliphatic heterocycles. The average Bonchev–Trinajstić information content (AvgIpc) is 3.04. The summed E-state index contributed by atoms with van der Waals surface area (Å²) in [6, 6.07) is 10.2. The van der Waals surface area contributed by atoms with Crippen molar-refractivity contribution in [2.45, 2.75) is 19.6 Å². The fourth-order valence-corrected chi connectivity index (χ4v) is 2.66. The highest BCUT2D eigenvalue weighted by Gasteiger charge is 2.29.